The lowest BCUT2D eigenvalue weighted by Gasteiger charge is -2.27. The van der Waals surface area contributed by atoms with Crippen LogP contribution in [0, 0.1) is 0 Å². The summed E-state index contributed by atoms with van der Waals surface area (Å²) in [5.41, 5.74) is 0.850. The van der Waals surface area contributed by atoms with E-state index in [1.807, 2.05) is 44.2 Å². The van der Waals surface area contributed by atoms with Crippen LogP contribution in [0.4, 0.5) is 5.69 Å². The molecule has 5 heteroatoms. The summed E-state index contributed by atoms with van der Waals surface area (Å²) in [5.74, 6) is -0.935. The summed E-state index contributed by atoms with van der Waals surface area (Å²) < 4.78 is 0. The van der Waals surface area contributed by atoms with Gasteiger partial charge in [0.25, 0.3) is 0 Å². The largest absolute Gasteiger partial charge is 0.481 e. The van der Waals surface area contributed by atoms with Gasteiger partial charge in [-0.05, 0) is 26.0 Å². The molecule has 0 atom stereocenters. The number of amides is 1. The Balaban J connectivity index is 2.57. The number of hydrogen-bond donors (Lipinski definition) is 2. The minimum Gasteiger partial charge on any atom is -0.481 e. The second kappa shape index (κ2) is 7.53. The molecule has 0 aliphatic heterocycles. The second-order valence-corrected chi connectivity index (χ2v) is 4.51. The molecule has 1 rings (SSSR count). The molecule has 0 fully saturated rings. The van der Waals surface area contributed by atoms with Gasteiger partial charge in [0.1, 0.15) is 0 Å². The molecule has 0 saturated heterocycles. The average molecular weight is 264 g/mol. The van der Waals surface area contributed by atoms with E-state index in [1.165, 1.54) is 0 Å². The molecule has 0 aliphatic rings. The number of rotatable bonds is 7. The quantitative estimate of drug-likeness (QED) is 0.732. The highest BCUT2D eigenvalue weighted by Gasteiger charge is 2.18. The zero-order valence-corrected chi connectivity index (χ0v) is 11.3. The molecule has 1 aromatic rings. The lowest BCUT2D eigenvalue weighted by molar-refractivity contribution is -0.137. The summed E-state index contributed by atoms with van der Waals surface area (Å²) >= 11 is 0. The van der Waals surface area contributed by atoms with E-state index in [1.54, 1.807) is 4.90 Å². The van der Waals surface area contributed by atoms with E-state index in [-0.39, 0.29) is 24.9 Å². The van der Waals surface area contributed by atoms with E-state index in [4.69, 9.17) is 5.11 Å². The van der Waals surface area contributed by atoms with Crippen molar-refractivity contribution in [2.24, 2.45) is 0 Å². The summed E-state index contributed by atoms with van der Waals surface area (Å²) in [7, 11) is 0. The number of benzene rings is 1. The van der Waals surface area contributed by atoms with Crippen molar-refractivity contribution in [3.63, 3.8) is 0 Å². The molecule has 0 heterocycles. The lowest BCUT2D eigenvalue weighted by Crippen LogP contribution is -2.42. The average Bonchev–Trinajstić information content (AvgIpc) is 2.35. The van der Waals surface area contributed by atoms with Crippen LogP contribution in [0.15, 0.2) is 30.3 Å². The standard InChI is InChI=1S/C14H20N2O3/c1-11(2)16(12-6-4-3-5-7-12)13(17)10-15-9-8-14(18)19/h3-7,11,15H,8-10H2,1-2H3,(H,18,19). The molecule has 0 spiro atoms. The zero-order valence-electron chi connectivity index (χ0n) is 11.3. The molecule has 1 amide bonds. The van der Waals surface area contributed by atoms with E-state index in [2.05, 4.69) is 5.32 Å². The molecule has 1 aromatic carbocycles. The van der Waals surface area contributed by atoms with Crippen LogP contribution in [0.3, 0.4) is 0 Å². The van der Waals surface area contributed by atoms with E-state index in [0.29, 0.717) is 6.54 Å². The van der Waals surface area contributed by atoms with E-state index in [0.717, 1.165) is 5.69 Å². The predicted octanol–water partition coefficient (Wildman–Crippen LogP) is 1.49. The molecule has 2 N–H and O–H groups in total. The molecule has 0 aliphatic carbocycles. The molecule has 0 aromatic heterocycles. The van der Waals surface area contributed by atoms with Gasteiger partial charge >= 0.3 is 5.97 Å². The van der Waals surface area contributed by atoms with E-state index in [9.17, 15) is 9.59 Å². The van der Waals surface area contributed by atoms with Gasteiger partial charge in [0.2, 0.25) is 5.91 Å². The van der Waals surface area contributed by atoms with Crippen LogP contribution in [-0.4, -0.2) is 36.1 Å². The van der Waals surface area contributed by atoms with Gasteiger partial charge in [-0.1, -0.05) is 18.2 Å². The monoisotopic (exact) mass is 264 g/mol. The second-order valence-electron chi connectivity index (χ2n) is 4.51. The Bertz CT molecular complexity index is 418. The van der Waals surface area contributed by atoms with Crippen molar-refractivity contribution < 1.29 is 14.7 Å². The Kier molecular flexibility index (Phi) is 6.02. The third-order valence-electron chi connectivity index (χ3n) is 2.61. The summed E-state index contributed by atoms with van der Waals surface area (Å²) in [6.07, 6.45) is 0.0142. The molecule has 19 heavy (non-hydrogen) atoms. The van der Waals surface area contributed by atoms with Gasteiger partial charge in [-0.3, -0.25) is 9.59 Å². The van der Waals surface area contributed by atoms with Crippen molar-refractivity contribution in [1.82, 2.24) is 5.32 Å². The zero-order chi connectivity index (χ0) is 14.3. The van der Waals surface area contributed by atoms with Gasteiger partial charge in [0.05, 0.1) is 13.0 Å². The topological polar surface area (TPSA) is 69.6 Å². The van der Waals surface area contributed by atoms with Crippen molar-refractivity contribution >= 4 is 17.6 Å². The molecule has 5 nitrogen and oxygen atoms in total. The first kappa shape index (κ1) is 15.2. The molecular weight excluding hydrogens is 244 g/mol. The highest BCUT2D eigenvalue weighted by molar-refractivity contribution is 5.95. The Morgan fingerprint density at radius 1 is 1.26 bits per heavy atom. The maximum Gasteiger partial charge on any atom is 0.304 e. The minimum atomic E-state index is -0.872. The first-order valence-corrected chi connectivity index (χ1v) is 6.32. The predicted molar refractivity (Wildman–Crippen MR) is 74.2 cm³/mol. The van der Waals surface area contributed by atoms with Crippen LogP contribution >= 0.6 is 0 Å². The number of carbonyl (C=O) groups is 2. The maximum absolute atomic E-state index is 12.1. The van der Waals surface area contributed by atoms with Crippen molar-refractivity contribution in [2.45, 2.75) is 26.3 Å². The lowest BCUT2D eigenvalue weighted by atomic mass is 10.2. The maximum atomic E-state index is 12.1. The number of para-hydroxylation sites is 1. The smallest absolute Gasteiger partial charge is 0.304 e. The van der Waals surface area contributed by atoms with Crippen LogP contribution in [0.25, 0.3) is 0 Å². The van der Waals surface area contributed by atoms with Crippen molar-refractivity contribution in [2.75, 3.05) is 18.0 Å². The molecule has 0 radical (unpaired) electrons. The van der Waals surface area contributed by atoms with Crippen LogP contribution in [-0.2, 0) is 9.59 Å². The summed E-state index contributed by atoms with van der Waals surface area (Å²) in [6.45, 7) is 4.33. The van der Waals surface area contributed by atoms with E-state index >= 15 is 0 Å². The SMILES string of the molecule is CC(C)N(C(=O)CNCCC(=O)O)c1ccccc1. The van der Waals surface area contributed by atoms with Gasteiger partial charge < -0.3 is 15.3 Å². The third kappa shape index (κ3) is 5.09. The molecule has 0 saturated carbocycles. The van der Waals surface area contributed by atoms with Crippen molar-refractivity contribution in [3.8, 4) is 0 Å². The van der Waals surface area contributed by atoms with Crippen LogP contribution < -0.4 is 10.2 Å². The highest BCUT2D eigenvalue weighted by atomic mass is 16.4. The van der Waals surface area contributed by atoms with Gasteiger partial charge in [0, 0.05) is 18.3 Å². The first-order valence-electron chi connectivity index (χ1n) is 6.32. The summed E-state index contributed by atoms with van der Waals surface area (Å²) in [4.78, 5) is 24.2. The van der Waals surface area contributed by atoms with Gasteiger partial charge in [0.15, 0.2) is 0 Å². The number of aliphatic carboxylic acids is 1. The number of nitrogens with one attached hydrogen (secondary N) is 1. The number of nitrogens with zero attached hydrogens (tertiary/aromatic N) is 1. The van der Waals surface area contributed by atoms with Crippen molar-refractivity contribution in [3.05, 3.63) is 30.3 Å². The fourth-order valence-corrected chi connectivity index (χ4v) is 1.79. The molecule has 0 unspecified atom stereocenters. The molecular formula is C14H20N2O3. The summed E-state index contributed by atoms with van der Waals surface area (Å²) in [5, 5.41) is 11.4. The molecule has 104 valence electrons. The highest BCUT2D eigenvalue weighted by Crippen LogP contribution is 2.16. The van der Waals surface area contributed by atoms with Crippen LogP contribution in [0.5, 0.6) is 0 Å². The van der Waals surface area contributed by atoms with Crippen molar-refractivity contribution in [1.29, 1.82) is 0 Å². The first-order chi connectivity index (χ1) is 9.02. The van der Waals surface area contributed by atoms with Gasteiger partial charge in [-0.2, -0.15) is 0 Å². The fourth-order valence-electron chi connectivity index (χ4n) is 1.79. The Morgan fingerprint density at radius 2 is 1.89 bits per heavy atom. The summed E-state index contributed by atoms with van der Waals surface area (Å²) in [6, 6.07) is 9.49. The van der Waals surface area contributed by atoms with Crippen LogP contribution in [0.2, 0.25) is 0 Å². The Morgan fingerprint density at radius 3 is 2.42 bits per heavy atom. The molecule has 0 bridgehead atoms. The van der Waals surface area contributed by atoms with Gasteiger partial charge in [-0.25, -0.2) is 0 Å². The fraction of sp³-hybridized carbons (Fsp3) is 0.429. The Labute approximate surface area is 113 Å². The van der Waals surface area contributed by atoms with E-state index < -0.39 is 5.97 Å². The normalized spacial score (nSPS) is 10.5. The number of anilines is 1. The number of hydrogen-bond acceptors (Lipinski definition) is 3. The number of carboxylic acids is 1. The van der Waals surface area contributed by atoms with Crippen LogP contribution in [0.1, 0.15) is 20.3 Å². The third-order valence-corrected chi connectivity index (χ3v) is 2.61. The number of carboxylic acid groups (broad SMARTS) is 1. The Hall–Kier alpha value is -1.88. The van der Waals surface area contributed by atoms with Gasteiger partial charge in [-0.15, -0.1) is 0 Å². The number of carbonyl (C=O) groups excluding carboxylic acids is 1. The minimum absolute atomic E-state index is 0.0142.